The summed E-state index contributed by atoms with van der Waals surface area (Å²) in [6.45, 7) is 0. The molecule has 2 nitrogen and oxygen atoms in total. The van der Waals surface area contributed by atoms with E-state index in [1.165, 1.54) is 27.5 Å². The topological polar surface area (TPSA) is 28.7 Å². The lowest BCUT2D eigenvalue weighted by molar-refractivity contribution is 1.10. The van der Waals surface area contributed by atoms with Crippen molar-refractivity contribution >= 4 is 10.8 Å². The van der Waals surface area contributed by atoms with Crippen molar-refractivity contribution in [3.8, 4) is 33.6 Å². The average Bonchev–Trinajstić information content (AvgIpc) is 3.10. The lowest BCUT2D eigenvalue weighted by Gasteiger charge is -2.03. The molecule has 0 saturated heterocycles. The SMILES string of the molecule is c1ccc(-c2n[nH]c3c2-c2cccc4cccc-3c24)cc1. The zero-order valence-electron chi connectivity index (χ0n) is 11.3. The van der Waals surface area contributed by atoms with Gasteiger partial charge in [-0.3, -0.25) is 5.10 Å². The Labute approximate surface area is 122 Å². The molecule has 98 valence electrons. The molecular formula is C19H12N2. The molecule has 5 rings (SSSR count). The average molecular weight is 268 g/mol. The van der Waals surface area contributed by atoms with E-state index >= 15 is 0 Å². The molecular weight excluding hydrogens is 256 g/mol. The van der Waals surface area contributed by atoms with Crippen LogP contribution in [0.25, 0.3) is 44.4 Å². The number of fused-ring (bicyclic) bond motifs is 3. The van der Waals surface area contributed by atoms with E-state index < -0.39 is 0 Å². The van der Waals surface area contributed by atoms with E-state index in [1.807, 2.05) is 6.07 Å². The number of rotatable bonds is 1. The summed E-state index contributed by atoms with van der Waals surface area (Å²) in [5, 5.41) is 10.4. The standard InChI is InChI=1S/C19H12N2/c1-2-6-13(7-3-1)18-17-14-10-4-8-12-9-5-11-15(16(12)14)19(17)21-20-18/h1-11H,(H,20,21). The predicted octanol–water partition coefficient (Wildman–Crippen LogP) is 4.88. The third kappa shape index (κ3) is 1.34. The van der Waals surface area contributed by atoms with Crippen LogP contribution in [0.2, 0.25) is 0 Å². The maximum atomic E-state index is 4.57. The van der Waals surface area contributed by atoms with Crippen LogP contribution in [-0.2, 0) is 0 Å². The number of H-pyrrole nitrogens is 1. The first-order valence-electron chi connectivity index (χ1n) is 7.10. The van der Waals surface area contributed by atoms with Gasteiger partial charge in [0.15, 0.2) is 0 Å². The highest BCUT2D eigenvalue weighted by Gasteiger charge is 2.26. The van der Waals surface area contributed by atoms with Crippen LogP contribution in [0.3, 0.4) is 0 Å². The molecule has 1 aliphatic carbocycles. The van der Waals surface area contributed by atoms with Gasteiger partial charge >= 0.3 is 0 Å². The van der Waals surface area contributed by atoms with Crippen molar-refractivity contribution in [3.05, 3.63) is 66.7 Å². The number of hydrogen-bond acceptors (Lipinski definition) is 1. The van der Waals surface area contributed by atoms with Crippen molar-refractivity contribution in [2.45, 2.75) is 0 Å². The molecule has 0 saturated carbocycles. The highest BCUT2D eigenvalue weighted by atomic mass is 15.1. The molecule has 1 heterocycles. The number of hydrogen-bond donors (Lipinski definition) is 1. The third-order valence-electron chi connectivity index (χ3n) is 4.26. The van der Waals surface area contributed by atoms with Crippen molar-refractivity contribution in [1.29, 1.82) is 0 Å². The van der Waals surface area contributed by atoms with Gasteiger partial charge in [-0.15, -0.1) is 0 Å². The van der Waals surface area contributed by atoms with Crippen LogP contribution in [0, 0.1) is 0 Å². The summed E-state index contributed by atoms with van der Waals surface area (Å²) in [5.74, 6) is 0. The van der Waals surface area contributed by atoms with Crippen molar-refractivity contribution < 1.29 is 0 Å². The third-order valence-corrected chi connectivity index (χ3v) is 4.26. The van der Waals surface area contributed by atoms with Gasteiger partial charge in [-0.2, -0.15) is 5.10 Å². The summed E-state index contributed by atoms with van der Waals surface area (Å²) in [7, 11) is 0. The van der Waals surface area contributed by atoms with E-state index in [0.29, 0.717) is 0 Å². The Hall–Kier alpha value is -2.87. The van der Waals surface area contributed by atoms with Crippen molar-refractivity contribution in [3.63, 3.8) is 0 Å². The molecule has 0 atom stereocenters. The smallest absolute Gasteiger partial charge is 0.101 e. The monoisotopic (exact) mass is 268 g/mol. The Balaban J connectivity index is 1.90. The number of nitrogens with one attached hydrogen (secondary N) is 1. The van der Waals surface area contributed by atoms with E-state index in [0.717, 1.165) is 17.0 Å². The maximum absolute atomic E-state index is 4.57. The number of aromatic nitrogens is 2. The first kappa shape index (κ1) is 10.9. The van der Waals surface area contributed by atoms with Gasteiger partial charge in [-0.05, 0) is 16.3 Å². The Morgan fingerprint density at radius 3 is 2.29 bits per heavy atom. The number of aromatic amines is 1. The predicted molar refractivity (Wildman–Crippen MR) is 86.0 cm³/mol. The summed E-state index contributed by atoms with van der Waals surface area (Å²) >= 11 is 0. The van der Waals surface area contributed by atoms with E-state index in [-0.39, 0.29) is 0 Å². The Kier molecular flexibility index (Phi) is 1.98. The normalized spacial score (nSPS) is 11.8. The van der Waals surface area contributed by atoms with Crippen molar-refractivity contribution in [1.82, 2.24) is 10.2 Å². The zero-order chi connectivity index (χ0) is 13.8. The molecule has 3 aromatic carbocycles. The molecule has 1 aliphatic rings. The van der Waals surface area contributed by atoms with E-state index in [2.05, 4.69) is 70.9 Å². The molecule has 0 fully saturated rings. The minimum atomic E-state index is 1.04. The molecule has 0 bridgehead atoms. The fourth-order valence-electron chi connectivity index (χ4n) is 3.36. The van der Waals surface area contributed by atoms with E-state index in [4.69, 9.17) is 0 Å². The highest BCUT2D eigenvalue weighted by molar-refractivity contribution is 6.16. The zero-order valence-corrected chi connectivity index (χ0v) is 11.3. The van der Waals surface area contributed by atoms with Gasteiger partial charge in [-0.1, -0.05) is 66.7 Å². The summed E-state index contributed by atoms with van der Waals surface area (Å²) < 4.78 is 0. The molecule has 0 spiro atoms. The van der Waals surface area contributed by atoms with Crippen LogP contribution in [-0.4, -0.2) is 10.2 Å². The molecule has 2 heteroatoms. The lowest BCUT2D eigenvalue weighted by Crippen LogP contribution is -1.82. The molecule has 4 aromatic rings. The van der Waals surface area contributed by atoms with Gasteiger partial charge < -0.3 is 0 Å². The van der Waals surface area contributed by atoms with Gasteiger partial charge in [0, 0.05) is 16.7 Å². The quantitative estimate of drug-likeness (QED) is 0.461. The van der Waals surface area contributed by atoms with Gasteiger partial charge in [0.05, 0.1) is 5.69 Å². The van der Waals surface area contributed by atoms with Crippen molar-refractivity contribution in [2.24, 2.45) is 0 Å². The Morgan fingerprint density at radius 1 is 0.714 bits per heavy atom. The van der Waals surface area contributed by atoms with E-state index in [9.17, 15) is 0 Å². The maximum Gasteiger partial charge on any atom is 0.101 e. The summed E-state index contributed by atoms with van der Waals surface area (Å²) in [4.78, 5) is 0. The Morgan fingerprint density at radius 2 is 1.48 bits per heavy atom. The fourth-order valence-corrected chi connectivity index (χ4v) is 3.36. The lowest BCUT2D eigenvalue weighted by atomic mass is 10.0. The Bertz CT molecular complexity index is 976. The first-order chi connectivity index (χ1) is 10.4. The number of nitrogens with zero attached hydrogens (tertiary/aromatic N) is 1. The van der Waals surface area contributed by atoms with Crippen LogP contribution in [0.4, 0.5) is 0 Å². The second-order valence-corrected chi connectivity index (χ2v) is 5.40. The summed E-state index contributed by atoms with van der Waals surface area (Å²) in [6.07, 6.45) is 0. The van der Waals surface area contributed by atoms with Crippen LogP contribution in [0.1, 0.15) is 0 Å². The largest absolute Gasteiger partial charge is 0.277 e. The molecule has 1 N–H and O–H groups in total. The molecule has 21 heavy (non-hydrogen) atoms. The molecule has 0 aliphatic heterocycles. The molecule has 0 amide bonds. The highest BCUT2D eigenvalue weighted by Crippen LogP contribution is 2.49. The molecule has 0 radical (unpaired) electrons. The van der Waals surface area contributed by atoms with Crippen molar-refractivity contribution in [2.75, 3.05) is 0 Å². The van der Waals surface area contributed by atoms with Crippen LogP contribution >= 0.6 is 0 Å². The summed E-state index contributed by atoms with van der Waals surface area (Å²) in [6, 6.07) is 23.3. The minimum Gasteiger partial charge on any atom is -0.277 e. The van der Waals surface area contributed by atoms with Gasteiger partial charge in [0.25, 0.3) is 0 Å². The molecule has 0 unspecified atom stereocenters. The van der Waals surface area contributed by atoms with Gasteiger partial charge in [-0.25, -0.2) is 0 Å². The van der Waals surface area contributed by atoms with Crippen LogP contribution < -0.4 is 0 Å². The molecule has 1 aromatic heterocycles. The summed E-state index contributed by atoms with van der Waals surface area (Å²) in [5.41, 5.74) is 7.10. The second-order valence-electron chi connectivity index (χ2n) is 5.40. The first-order valence-corrected chi connectivity index (χ1v) is 7.10. The van der Waals surface area contributed by atoms with Gasteiger partial charge in [0.1, 0.15) is 5.69 Å². The van der Waals surface area contributed by atoms with Crippen LogP contribution in [0.15, 0.2) is 66.7 Å². The van der Waals surface area contributed by atoms with E-state index in [1.54, 1.807) is 0 Å². The minimum absolute atomic E-state index is 1.04. The van der Waals surface area contributed by atoms with Crippen LogP contribution in [0.5, 0.6) is 0 Å². The number of benzene rings is 3. The second kappa shape index (κ2) is 3.83. The fraction of sp³-hybridized carbons (Fsp3) is 0. The van der Waals surface area contributed by atoms with Gasteiger partial charge in [0.2, 0.25) is 0 Å².